The quantitative estimate of drug-likeness (QED) is 0.0888. The summed E-state index contributed by atoms with van der Waals surface area (Å²) >= 11 is 18.3. The van der Waals surface area contributed by atoms with E-state index in [9.17, 15) is 46.1 Å². The van der Waals surface area contributed by atoms with Crippen LogP contribution in [0.3, 0.4) is 0 Å². The predicted molar refractivity (Wildman–Crippen MR) is 220 cm³/mol. The SMILES string of the molecule is O=C(Nc1ccc(NC(=O)c2cc3ccccc3c(N=Nc3cc(Cl)ccc3C(F)(F)F)c2O)c(Cl)c1)c1cc2ccccc2c(N=Nc2cc(Cl)ccc2C(F)(F)F)c1O. The molecule has 0 radical (unpaired) electrons. The van der Waals surface area contributed by atoms with E-state index in [1.807, 2.05) is 0 Å². The zero-order valence-corrected chi connectivity index (χ0v) is 32.6. The fraction of sp³-hybridized carbons (Fsp3) is 0.0476. The van der Waals surface area contributed by atoms with Crippen LogP contribution in [0.1, 0.15) is 31.8 Å². The highest BCUT2D eigenvalue weighted by Crippen LogP contribution is 2.45. The summed E-state index contributed by atoms with van der Waals surface area (Å²) in [5.41, 5.74) is -4.71. The number of hydrogen-bond donors (Lipinski definition) is 4. The number of benzene rings is 7. The number of hydrogen-bond acceptors (Lipinski definition) is 8. The average molecular weight is 896 g/mol. The van der Waals surface area contributed by atoms with E-state index in [1.165, 1.54) is 42.5 Å². The number of amides is 2. The second-order valence-electron chi connectivity index (χ2n) is 13.0. The Hall–Kier alpha value is -6.75. The van der Waals surface area contributed by atoms with Gasteiger partial charge in [0.1, 0.15) is 11.4 Å². The second-order valence-corrected chi connectivity index (χ2v) is 14.3. The molecular weight excluding hydrogens is 873 g/mol. The number of phenols is 2. The van der Waals surface area contributed by atoms with Gasteiger partial charge in [-0.15, -0.1) is 20.5 Å². The summed E-state index contributed by atoms with van der Waals surface area (Å²) < 4.78 is 82.1. The van der Waals surface area contributed by atoms with E-state index >= 15 is 0 Å². The van der Waals surface area contributed by atoms with E-state index in [-0.39, 0.29) is 59.7 Å². The van der Waals surface area contributed by atoms with Crippen molar-refractivity contribution >= 4 is 102 Å². The normalized spacial score (nSPS) is 12.1. The molecule has 0 unspecified atom stereocenters. The van der Waals surface area contributed by atoms with Crippen molar-refractivity contribution in [3.05, 3.63) is 153 Å². The Kier molecular flexibility index (Phi) is 11.6. The Balaban J connectivity index is 1.15. The Morgan fingerprint density at radius 1 is 0.525 bits per heavy atom. The van der Waals surface area contributed by atoms with Gasteiger partial charge in [-0.3, -0.25) is 9.59 Å². The molecule has 0 fully saturated rings. The first-order valence-electron chi connectivity index (χ1n) is 17.4. The van der Waals surface area contributed by atoms with Crippen molar-refractivity contribution in [2.24, 2.45) is 20.5 Å². The number of alkyl halides is 6. The first-order valence-corrected chi connectivity index (χ1v) is 18.5. The van der Waals surface area contributed by atoms with Crippen LogP contribution in [-0.2, 0) is 12.4 Å². The van der Waals surface area contributed by atoms with Crippen LogP contribution in [0.5, 0.6) is 11.5 Å². The van der Waals surface area contributed by atoms with E-state index in [0.717, 1.165) is 36.4 Å². The van der Waals surface area contributed by atoms with Crippen LogP contribution in [-0.4, -0.2) is 22.0 Å². The molecule has 61 heavy (non-hydrogen) atoms. The highest BCUT2D eigenvalue weighted by molar-refractivity contribution is 6.34. The third kappa shape index (κ3) is 9.06. The molecular formula is C42H23Cl3F6N6O4. The molecule has 2 amide bonds. The molecule has 0 aliphatic carbocycles. The minimum absolute atomic E-state index is 0.00430. The minimum Gasteiger partial charge on any atom is -0.505 e. The highest BCUT2D eigenvalue weighted by Gasteiger charge is 2.35. The van der Waals surface area contributed by atoms with Crippen LogP contribution in [0.25, 0.3) is 21.5 Å². The van der Waals surface area contributed by atoms with E-state index in [4.69, 9.17) is 34.8 Å². The summed E-state index contributed by atoms with van der Waals surface area (Å²) in [5, 5.41) is 44.0. The zero-order valence-electron chi connectivity index (χ0n) is 30.4. The molecule has 7 aromatic rings. The molecule has 0 bridgehead atoms. The van der Waals surface area contributed by atoms with Gasteiger partial charge in [-0.1, -0.05) is 83.3 Å². The van der Waals surface area contributed by atoms with Crippen molar-refractivity contribution in [3.63, 3.8) is 0 Å². The lowest BCUT2D eigenvalue weighted by Gasteiger charge is -2.14. The maximum Gasteiger partial charge on any atom is 0.418 e. The highest BCUT2D eigenvalue weighted by atomic mass is 35.5. The number of nitrogens with one attached hydrogen (secondary N) is 2. The lowest BCUT2D eigenvalue weighted by molar-refractivity contribution is -0.137. The van der Waals surface area contributed by atoms with E-state index in [1.54, 1.807) is 36.4 Å². The van der Waals surface area contributed by atoms with Crippen LogP contribution in [0, 0.1) is 0 Å². The van der Waals surface area contributed by atoms with Crippen molar-refractivity contribution in [1.82, 2.24) is 0 Å². The monoisotopic (exact) mass is 894 g/mol. The van der Waals surface area contributed by atoms with E-state index < -0.39 is 58.2 Å². The number of nitrogens with zero attached hydrogens (tertiary/aromatic N) is 4. The smallest absolute Gasteiger partial charge is 0.418 e. The van der Waals surface area contributed by atoms with Crippen LogP contribution >= 0.6 is 34.8 Å². The summed E-state index contributed by atoms with van der Waals surface area (Å²) in [6, 6.07) is 24.7. The fourth-order valence-electron chi connectivity index (χ4n) is 6.13. The van der Waals surface area contributed by atoms with Gasteiger partial charge in [-0.2, -0.15) is 26.3 Å². The third-order valence-electron chi connectivity index (χ3n) is 9.00. The molecule has 0 aliphatic rings. The Bertz CT molecular complexity index is 2980. The average Bonchev–Trinajstić information content (AvgIpc) is 3.19. The van der Waals surface area contributed by atoms with Crippen LogP contribution in [0.4, 0.5) is 60.5 Å². The molecule has 0 spiro atoms. The molecule has 7 rings (SSSR count). The number of aromatic hydroxyl groups is 2. The molecule has 10 nitrogen and oxygen atoms in total. The van der Waals surface area contributed by atoms with Crippen LogP contribution in [0.15, 0.2) is 136 Å². The van der Waals surface area contributed by atoms with Crippen molar-refractivity contribution in [3.8, 4) is 11.5 Å². The second kappa shape index (κ2) is 16.7. The molecule has 0 atom stereocenters. The zero-order chi connectivity index (χ0) is 43.8. The van der Waals surface area contributed by atoms with Gasteiger partial charge < -0.3 is 20.8 Å². The summed E-state index contributed by atoms with van der Waals surface area (Å²) in [5.74, 6) is -3.19. The van der Waals surface area contributed by atoms with Crippen molar-refractivity contribution < 1.29 is 46.1 Å². The molecule has 308 valence electrons. The van der Waals surface area contributed by atoms with Gasteiger partial charge in [0.05, 0.1) is 44.3 Å². The maximum atomic E-state index is 13.7. The minimum atomic E-state index is -4.80. The number of fused-ring (bicyclic) bond motifs is 2. The number of azo groups is 2. The van der Waals surface area contributed by atoms with Crippen molar-refractivity contribution in [1.29, 1.82) is 0 Å². The standard InChI is InChI=1S/C42H23Cl3F6N6O4/c43-22-9-12-29(41(46,47)48)33(17-22)54-56-35-25-7-3-1-5-20(25)15-27(37(35)58)39(60)52-24-11-14-32(31(45)19-24)53-40(61)28-16-21-6-2-4-8-26(21)36(38(28)59)57-55-34-18-23(44)10-13-30(34)42(49,50)51/h1-19,58-59H,(H,52,60)(H,53,61). The Morgan fingerprint density at radius 3 is 1.41 bits per heavy atom. The van der Waals surface area contributed by atoms with Crippen molar-refractivity contribution in [2.45, 2.75) is 12.4 Å². The number of halogens is 9. The summed E-state index contributed by atoms with van der Waals surface area (Å²) in [6.45, 7) is 0. The molecule has 0 heterocycles. The van der Waals surface area contributed by atoms with E-state index in [0.29, 0.717) is 10.8 Å². The van der Waals surface area contributed by atoms with Gasteiger partial charge >= 0.3 is 12.4 Å². The number of rotatable bonds is 8. The molecule has 0 aliphatic heterocycles. The molecule has 19 heteroatoms. The fourth-order valence-corrected chi connectivity index (χ4v) is 6.69. The third-order valence-corrected chi connectivity index (χ3v) is 9.78. The lowest BCUT2D eigenvalue weighted by atomic mass is 10.0. The topological polar surface area (TPSA) is 148 Å². The van der Waals surface area contributed by atoms with Gasteiger partial charge in [0.15, 0.2) is 11.5 Å². The van der Waals surface area contributed by atoms with Crippen LogP contribution < -0.4 is 10.6 Å². The van der Waals surface area contributed by atoms with Gasteiger partial charge in [-0.05, 0) is 77.5 Å². The lowest BCUT2D eigenvalue weighted by Crippen LogP contribution is -2.14. The number of carbonyl (C=O) groups is 2. The van der Waals surface area contributed by atoms with Gasteiger partial charge in [-0.25, -0.2) is 0 Å². The summed E-state index contributed by atoms with van der Waals surface area (Å²) in [4.78, 5) is 27.2. The number of carbonyl (C=O) groups excluding carboxylic acids is 2. The van der Waals surface area contributed by atoms with E-state index in [2.05, 4.69) is 31.1 Å². The Morgan fingerprint density at radius 2 is 0.967 bits per heavy atom. The van der Waals surface area contributed by atoms with Crippen LogP contribution in [0.2, 0.25) is 15.1 Å². The first kappa shape index (κ1) is 42.4. The van der Waals surface area contributed by atoms with Gasteiger partial charge in [0, 0.05) is 26.5 Å². The molecule has 7 aromatic carbocycles. The van der Waals surface area contributed by atoms with Crippen molar-refractivity contribution in [2.75, 3.05) is 10.6 Å². The Labute approximate surface area is 354 Å². The summed E-state index contributed by atoms with van der Waals surface area (Å²) in [7, 11) is 0. The molecule has 0 aromatic heterocycles. The van der Waals surface area contributed by atoms with Gasteiger partial charge in [0.2, 0.25) is 0 Å². The molecule has 4 N–H and O–H groups in total. The number of anilines is 2. The molecule has 0 saturated heterocycles. The largest absolute Gasteiger partial charge is 0.505 e. The summed E-state index contributed by atoms with van der Waals surface area (Å²) in [6.07, 6.45) is -9.60. The molecule has 0 saturated carbocycles. The first-order chi connectivity index (χ1) is 28.9. The van der Waals surface area contributed by atoms with Gasteiger partial charge in [0.25, 0.3) is 11.8 Å². The predicted octanol–water partition coefficient (Wildman–Crippen LogP) is 14.7. The maximum absolute atomic E-state index is 13.7. The number of phenolic OH excluding ortho intramolecular Hbond substituents is 2.